The molecule has 0 aliphatic carbocycles. The molecule has 0 radical (unpaired) electrons. The predicted octanol–water partition coefficient (Wildman–Crippen LogP) is 2.11. The molecule has 4 nitrogen and oxygen atoms in total. The van der Waals surface area contributed by atoms with E-state index in [-0.39, 0.29) is 5.75 Å². The largest absolute Gasteiger partial charge is 0.494 e. The van der Waals surface area contributed by atoms with Crippen LogP contribution in [0.25, 0.3) is 11.4 Å². The van der Waals surface area contributed by atoms with E-state index in [1.807, 2.05) is 6.92 Å². The van der Waals surface area contributed by atoms with Crippen molar-refractivity contribution in [3.05, 3.63) is 30.3 Å². The summed E-state index contributed by atoms with van der Waals surface area (Å²) < 4.78 is 20.5. The van der Waals surface area contributed by atoms with E-state index in [4.69, 9.17) is 4.74 Å². The molecule has 5 heteroatoms. The zero-order valence-electron chi connectivity index (χ0n) is 9.14. The Balaban J connectivity index is 2.56. The summed E-state index contributed by atoms with van der Waals surface area (Å²) in [5.74, 6) is 0.315. The van der Waals surface area contributed by atoms with E-state index in [1.54, 1.807) is 22.9 Å². The van der Waals surface area contributed by atoms with Crippen molar-refractivity contribution in [1.29, 1.82) is 0 Å². The number of hydrogen-bond acceptors (Lipinski definition) is 3. The standard InChI is InChI=1S/C11H12FN3O/c1-3-15-11(13-7-14-15)8-5-4-6-9(16-2)10(8)12/h4-7H,3H2,1-2H3. The summed E-state index contributed by atoms with van der Waals surface area (Å²) in [5.41, 5.74) is 0.402. The molecule has 0 saturated heterocycles. The number of ether oxygens (including phenoxy) is 1. The Bertz CT molecular complexity index is 496. The molecule has 0 unspecified atom stereocenters. The molecule has 0 aliphatic rings. The van der Waals surface area contributed by atoms with Crippen molar-refractivity contribution in [2.75, 3.05) is 7.11 Å². The Labute approximate surface area is 92.7 Å². The highest BCUT2D eigenvalue weighted by Gasteiger charge is 2.14. The molecule has 84 valence electrons. The minimum Gasteiger partial charge on any atom is -0.494 e. The molecule has 0 spiro atoms. The van der Waals surface area contributed by atoms with Crippen LogP contribution in [0.1, 0.15) is 6.92 Å². The van der Waals surface area contributed by atoms with Gasteiger partial charge in [-0.05, 0) is 19.1 Å². The zero-order chi connectivity index (χ0) is 11.5. The molecule has 0 N–H and O–H groups in total. The summed E-state index contributed by atoms with van der Waals surface area (Å²) >= 11 is 0. The predicted molar refractivity (Wildman–Crippen MR) is 57.6 cm³/mol. The molecule has 1 heterocycles. The second kappa shape index (κ2) is 4.30. The van der Waals surface area contributed by atoms with E-state index in [0.29, 0.717) is 17.9 Å². The third-order valence-electron chi connectivity index (χ3n) is 2.34. The summed E-state index contributed by atoms with van der Waals surface area (Å²) in [7, 11) is 1.44. The highest BCUT2D eigenvalue weighted by atomic mass is 19.1. The number of aryl methyl sites for hydroxylation is 1. The van der Waals surface area contributed by atoms with Crippen LogP contribution in [0.4, 0.5) is 4.39 Å². The van der Waals surface area contributed by atoms with Gasteiger partial charge in [-0.15, -0.1) is 0 Å². The Morgan fingerprint density at radius 3 is 2.94 bits per heavy atom. The molecular weight excluding hydrogens is 209 g/mol. The van der Waals surface area contributed by atoms with Crippen molar-refractivity contribution in [1.82, 2.24) is 14.8 Å². The van der Waals surface area contributed by atoms with E-state index in [1.165, 1.54) is 13.4 Å². The van der Waals surface area contributed by atoms with Crippen LogP contribution in [0.2, 0.25) is 0 Å². The lowest BCUT2D eigenvalue weighted by atomic mass is 10.2. The third kappa shape index (κ3) is 1.64. The number of methoxy groups -OCH3 is 1. The molecule has 1 aromatic carbocycles. The van der Waals surface area contributed by atoms with Crippen molar-refractivity contribution in [2.24, 2.45) is 0 Å². The smallest absolute Gasteiger partial charge is 0.176 e. The average Bonchev–Trinajstić information content (AvgIpc) is 2.77. The number of aromatic nitrogens is 3. The van der Waals surface area contributed by atoms with E-state index in [9.17, 15) is 4.39 Å². The van der Waals surface area contributed by atoms with E-state index in [2.05, 4.69) is 10.1 Å². The van der Waals surface area contributed by atoms with Crippen molar-refractivity contribution in [3.63, 3.8) is 0 Å². The molecule has 2 aromatic rings. The maximum absolute atomic E-state index is 13.9. The number of halogens is 1. The fourth-order valence-electron chi connectivity index (χ4n) is 1.55. The first-order valence-electron chi connectivity index (χ1n) is 4.98. The molecule has 16 heavy (non-hydrogen) atoms. The first-order chi connectivity index (χ1) is 7.77. The van der Waals surface area contributed by atoms with E-state index >= 15 is 0 Å². The molecule has 0 bridgehead atoms. The lowest BCUT2D eigenvalue weighted by Gasteiger charge is -2.07. The molecule has 0 amide bonds. The first-order valence-corrected chi connectivity index (χ1v) is 4.98. The average molecular weight is 221 g/mol. The van der Waals surface area contributed by atoms with Gasteiger partial charge in [-0.25, -0.2) is 14.1 Å². The van der Waals surface area contributed by atoms with Gasteiger partial charge in [-0.3, -0.25) is 0 Å². The molecule has 0 fully saturated rings. The molecular formula is C11H12FN3O. The van der Waals surface area contributed by atoms with Crippen LogP contribution in [0.5, 0.6) is 5.75 Å². The molecule has 2 rings (SSSR count). The van der Waals surface area contributed by atoms with Gasteiger partial charge in [0.05, 0.1) is 12.7 Å². The van der Waals surface area contributed by atoms with Gasteiger partial charge in [0.15, 0.2) is 17.4 Å². The number of rotatable bonds is 3. The highest BCUT2D eigenvalue weighted by Crippen LogP contribution is 2.27. The van der Waals surface area contributed by atoms with Crippen LogP contribution in [-0.2, 0) is 6.54 Å². The summed E-state index contributed by atoms with van der Waals surface area (Å²) in [5, 5.41) is 4.01. The number of nitrogens with zero attached hydrogens (tertiary/aromatic N) is 3. The van der Waals surface area contributed by atoms with Crippen LogP contribution in [0.15, 0.2) is 24.5 Å². The summed E-state index contributed by atoms with van der Waals surface area (Å²) in [4.78, 5) is 4.05. The Kier molecular flexibility index (Phi) is 2.85. The normalized spacial score (nSPS) is 10.4. The van der Waals surface area contributed by atoms with Gasteiger partial charge >= 0.3 is 0 Å². The van der Waals surface area contributed by atoms with Crippen LogP contribution < -0.4 is 4.74 Å². The Morgan fingerprint density at radius 1 is 1.44 bits per heavy atom. The number of hydrogen-bond donors (Lipinski definition) is 0. The van der Waals surface area contributed by atoms with Gasteiger partial charge in [-0.2, -0.15) is 5.10 Å². The maximum atomic E-state index is 13.9. The van der Waals surface area contributed by atoms with Crippen molar-refractivity contribution >= 4 is 0 Å². The first kappa shape index (κ1) is 10.6. The zero-order valence-corrected chi connectivity index (χ0v) is 9.14. The van der Waals surface area contributed by atoms with Crippen molar-refractivity contribution in [2.45, 2.75) is 13.5 Å². The fourth-order valence-corrected chi connectivity index (χ4v) is 1.55. The minimum atomic E-state index is -0.410. The Morgan fingerprint density at radius 2 is 2.25 bits per heavy atom. The second-order valence-electron chi connectivity index (χ2n) is 3.22. The SMILES string of the molecule is CCn1ncnc1-c1cccc(OC)c1F. The minimum absolute atomic E-state index is 0.211. The molecule has 0 saturated carbocycles. The lowest BCUT2D eigenvalue weighted by molar-refractivity contribution is 0.387. The summed E-state index contributed by atoms with van der Waals surface area (Å²) in [6, 6.07) is 4.96. The second-order valence-corrected chi connectivity index (χ2v) is 3.22. The van der Waals surface area contributed by atoms with Crippen LogP contribution in [0, 0.1) is 5.82 Å². The summed E-state index contributed by atoms with van der Waals surface area (Å²) in [6.45, 7) is 2.57. The number of benzene rings is 1. The van der Waals surface area contributed by atoms with E-state index < -0.39 is 5.82 Å². The quantitative estimate of drug-likeness (QED) is 0.797. The topological polar surface area (TPSA) is 39.9 Å². The van der Waals surface area contributed by atoms with Gasteiger partial charge in [0.25, 0.3) is 0 Å². The summed E-state index contributed by atoms with van der Waals surface area (Å²) in [6.07, 6.45) is 1.41. The molecule has 0 atom stereocenters. The fraction of sp³-hybridized carbons (Fsp3) is 0.273. The van der Waals surface area contributed by atoms with Gasteiger partial charge in [0.2, 0.25) is 0 Å². The third-order valence-corrected chi connectivity index (χ3v) is 2.34. The maximum Gasteiger partial charge on any atom is 0.176 e. The van der Waals surface area contributed by atoms with Crippen LogP contribution in [0.3, 0.4) is 0 Å². The van der Waals surface area contributed by atoms with E-state index in [0.717, 1.165) is 0 Å². The van der Waals surface area contributed by atoms with Gasteiger partial charge in [0, 0.05) is 6.54 Å². The molecule has 1 aromatic heterocycles. The molecule has 0 aliphatic heterocycles. The Hall–Kier alpha value is -1.91. The lowest BCUT2D eigenvalue weighted by Crippen LogP contribution is -2.01. The van der Waals surface area contributed by atoms with Crippen molar-refractivity contribution < 1.29 is 9.13 Å². The van der Waals surface area contributed by atoms with Gasteiger partial charge in [0.1, 0.15) is 6.33 Å². The van der Waals surface area contributed by atoms with Crippen molar-refractivity contribution in [3.8, 4) is 17.1 Å². The van der Waals surface area contributed by atoms with Gasteiger partial charge in [-0.1, -0.05) is 6.07 Å². The van der Waals surface area contributed by atoms with Crippen LogP contribution >= 0.6 is 0 Å². The van der Waals surface area contributed by atoms with Gasteiger partial charge < -0.3 is 4.74 Å². The van der Waals surface area contributed by atoms with Crippen LogP contribution in [-0.4, -0.2) is 21.9 Å². The monoisotopic (exact) mass is 221 g/mol. The highest BCUT2D eigenvalue weighted by molar-refractivity contribution is 5.58.